The van der Waals surface area contributed by atoms with Crippen molar-refractivity contribution < 1.29 is 9.90 Å². The zero-order valence-corrected chi connectivity index (χ0v) is 14.0. The molecule has 0 atom stereocenters. The first kappa shape index (κ1) is 15.8. The number of benzene rings is 1. The molecule has 2 heterocycles. The molecule has 23 heavy (non-hydrogen) atoms. The van der Waals surface area contributed by atoms with E-state index in [9.17, 15) is 9.90 Å². The Bertz CT molecular complexity index is 842. The van der Waals surface area contributed by atoms with Gasteiger partial charge in [-0.15, -0.1) is 16.4 Å². The molecular formula is C15H10ClN3O2S2. The topological polar surface area (TPSA) is 78.9 Å². The summed E-state index contributed by atoms with van der Waals surface area (Å²) < 4.78 is 0. The van der Waals surface area contributed by atoms with Gasteiger partial charge in [-0.1, -0.05) is 17.7 Å². The second kappa shape index (κ2) is 6.99. The average molecular weight is 364 g/mol. The van der Waals surface area contributed by atoms with Gasteiger partial charge < -0.3 is 5.11 Å². The fraction of sp³-hybridized carbons (Fsp3) is 0. The molecule has 0 spiro atoms. The Kier molecular flexibility index (Phi) is 4.80. The van der Waals surface area contributed by atoms with Gasteiger partial charge in [0, 0.05) is 15.5 Å². The molecule has 5 nitrogen and oxygen atoms in total. The molecule has 8 heteroatoms. The third-order valence-electron chi connectivity index (χ3n) is 2.81. The number of nitrogens with zero attached hydrogens (tertiary/aromatic N) is 2. The van der Waals surface area contributed by atoms with Crippen molar-refractivity contribution in [3.63, 3.8) is 0 Å². The van der Waals surface area contributed by atoms with Crippen molar-refractivity contribution in [3.05, 3.63) is 56.6 Å². The maximum absolute atomic E-state index is 11.4. The largest absolute Gasteiger partial charge is 0.477 e. The van der Waals surface area contributed by atoms with Crippen LogP contribution in [0, 0.1) is 0 Å². The number of hydrogen-bond donors (Lipinski definition) is 2. The Morgan fingerprint density at radius 1 is 1.30 bits per heavy atom. The Morgan fingerprint density at radius 2 is 2.09 bits per heavy atom. The first-order chi connectivity index (χ1) is 11.1. The van der Waals surface area contributed by atoms with Crippen LogP contribution in [0.4, 0.5) is 0 Å². The van der Waals surface area contributed by atoms with Crippen molar-refractivity contribution in [3.8, 4) is 11.4 Å². The van der Waals surface area contributed by atoms with Crippen LogP contribution in [0.2, 0.25) is 5.02 Å². The number of nitrogens with one attached hydrogen (secondary N) is 1. The summed E-state index contributed by atoms with van der Waals surface area (Å²) in [5, 5.41) is 19.1. The van der Waals surface area contributed by atoms with Gasteiger partial charge in [0.05, 0.1) is 0 Å². The van der Waals surface area contributed by atoms with Gasteiger partial charge >= 0.3 is 5.97 Å². The zero-order chi connectivity index (χ0) is 16.2. The van der Waals surface area contributed by atoms with E-state index in [0.717, 1.165) is 22.2 Å². The molecule has 3 aromatic rings. The molecule has 0 bridgehead atoms. The van der Waals surface area contributed by atoms with Crippen LogP contribution in [-0.4, -0.2) is 26.3 Å². The first-order valence-electron chi connectivity index (χ1n) is 6.46. The van der Waals surface area contributed by atoms with Crippen molar-refractivity contribution in [2.24, 2.45) is 0 Å². The van der Waals surface area contributed by atoms with Gasteiger partial charge in [0.15, 0.2) is 5.82 Å². The summed E-state index contributed by atoms with van der Waals surface area (Å²) in [6, 6.07) is 10.9. The van der Waals surface area contributed by atoms with E-state index >= 15 is 0 Å². The van der Waals surface area contributed by atoms with Crippen LogP contribution >= 0.6 is 34.7 Å². The number of thiophene rings is 1. The Labute approximate surface area is 145 Å². The number of aliphatic carboxylic acids is 1. The minimum absolute atomic E-state index is 0.161. The highest BCUT2D eigenvalue weighted by Crippen LogP contribution is 2.28. The van der Waals surface area contributed by atoms with Gasteiger partial charge in [-0.25, -0.2) is 9.78 Å². The highest BCUT2D eigenvalue weighted by atomic mass is 35.5. The minimum atomic E-state index is -1.01. The second-order valence-corrected chi connectivity index (χ2v) is 6.83. The lowest BCUT2D eigenvalue weighted by molar-refractivity contribution is -0.131. The fourth-order valence-corrected chi connectivity index (χ4v) is 3.32. The number of aromatic amines is 1. The monoisotopic (exact) mass is 363 g/mol. The van der Waals surface area contributed by atoms with E-state index in [0.29, 0.717) is 16.0 Å². The molecule has 3 rings (SSSR count). The van der Waals surface area contributed by atoms with E-state index in [-0.39, 0.29) is 4.91 Å². The molecule has 0 amide bonds. The number of carboxylic acids is 1. The average Bonchev–Trinajstić information content (AvgIpc) is 3.19. The van der Waals surface area contributed by atoms with Gasteiger partial charge in [0.1, 0.15) is 4.91 Å². The number of carboxylic acid groups (broad SMARTS) is 1. The molecule has 2 aromatic heterocycles. The van der Waals surface area contributed by atoms with Crippen LogP contribution in [0.1, 0.15) is 4.88 Å². The number of aromatic nitrogens is 3. The van der Waals surface area contributed by atoms with Gasteiger partial charge in [0.2, 0.25) is 5.16 Å². The smallest absolute Gasteiger partial charge is 0.342 e. The van der Waals surface area contributed by atoms with Gasteiger partial charge in [-0.05, 0) is 53.5 Å². The van der Waals surface area contributed by atoms with E-state index in [1.165, 1.54) is 11.3 Å². The van der Waals surface area contributed by atoms with Crippen molar-refractivity contribution in [2.75, 3.05) is 0 Å². The Morgan fingerprint density at radius 3 is 2.74 bits per heavy atom. The van der Waals surface area contributed by atoms with E-state index in [2.05, 4.69) is 15.2 Å². The summed E-state index contributed by atoms with van der Waals surface area (Å²) in [6.07, 6.45) is 1.61. The van der Waals surface area contributed by atoms with Crippen LogP contribution in [0.15, 0.2) is 51.8 Å². The van der Waals surface area contributed by atoms with E-state index in [1.54, 1.807) is 18.2 Å². The maximum atomic E-state index is 11.4. The normalized spacial score (nSPS) is 11.6. The number of rotatable bonds is 5. The lowest BCUT2D eigenvalue weighted by Crippen LogP contribution is -1.96. The van der Waals surface area contributed by atoms with Crippen LogP contribution in [-0.2, 0) is 4.79 Å². The summed E-state index contributed by atoms with van der Waals surface area (Å²) in [7, 11) is 0. The number of carbonyl (C=O) groups is 1. The molecule has 2 N–H and O–H groups in total. The molecule has 0 aliphatic heterocycles. The van der Waals surface area contributed by atoms with Crippen LogP contribution in [0.5, 0.6) is 0 Å². The van der Waals surface area contributed by atoms with Gasteiger partial charge in [-0.2, -0.15) is 0 Å². The van der Waals surface area contributed by atoms with Gasteiger partial charge in [0.25, 0.3) is 0 Å². The standard InChI is InChI=1S/C15H10ClN3O2S2/c16-10-5-3-9(4-6-10)13-17-15(19-18-13)23-12(14(20)21)8-11-2-1-7-22-11/h1-8H,(H,20,21)(H,17,18,19)/b12-8-. The van der Waals surface area contributed by atoms with Crippen LogP contribution < -0.4 is 0 Å². The molecule has 0 saturated heterocycles. The maximum Gasteiger partial charge on any atom is 0.342 e. The number of thioether (sulfide) groups is 1. The summed E-state index contributed by atoms with van der Waals surface area (Å²) >= 11 is 8.32. The van der Waals surface area contributed by atoms with Crippen molar-refractivity contribution in [1.82, 2.24) is 15.2 Å². The molecule has 1 aromatic carbocycles. The van der Waals surface area contributed by atoms with E-state index in [1.807, 2.05) is 29.6 Å². The summed E-state index contributed by atoms with van der Waals surface area (Å²) in [4.78, 5) is 16.7. The molecule has 0 saturated carbocycles. The second-order valence-electron chi connectivity index (χ2n) is 4.40. The van der Waals surface area contributed by atoms with E-state index < -0.39 is 5.97 Å². The molecule has 0 fully saturated rings. The lowest BCUT2D eigenvalue weighted by atomic mass is 10.2. The quantitative estimate of drug-likeness (QED) is 0.518. The van der Waals surface area contributed by atoms with Crippen molar-refractivity contribution >= 4 is 46.7 Å². The number of H-pyrrole nitrogens is 1. The lowest BCUT2D eigenvalue weighted by Gasteiger charge is -1.97. The first-order valence-corrected chi connectivity index (χ1v) is 8.54. The summed E-state index contributed by atoms with van der Waals surface area (Å²) in [5.41, 5.74) is 0.827. The van der Waals surface area contributed by atoms with Crippen LogP contribution in [0.3, 0.4) is 0 Å². The molecule has 0 aliphatic carbocycles. The highest BCUT2D eigenvalue weighted by molar-refractivity contribution is 8.04. The van der Waals surface area contributed by atoms with Crippen molar-refractivity contribution in [1.29, 1.82) is 0 Å². The van der Waals surface area contributed by atoms with Crippen molar-refractivity contribution in [2.45, 2.75) is 5.16 Å². The minimum Gasteiger partial charge on any atom is -0.477 e. The van der Waals surface area contributed by atoms with Gasteiger partial charge in [-0.3, -0.25) is 5.10 Å². The predicted octanol–water partition coefficient (Wildman–Crippen LogP) is 4.40. The molecular weight excluding hydrogens is 354 g/mol. The zero-order valence-electron chi connectivity index (χ0n) is 11.6. The molecule has 116 valence electrons. The van der Waals surface area contributed by atoms with E-state index in [4.69, 9.17) is 11.6 Å². The highest BCUT2D eigenvalue weighted by Gasteiger charge is 2.14. The summed E-state index contributed by atoms with van der Waals surface area (Å²) in [6.45, 7) is 0. The Balaban J connectivity index is 1.82. The third kappa shape index (κ3) is 4.01. The molecule has 0 unspecified atom stereocenters. The Hall–Kier alpha value is -2.09. The number of hydrogen-bond acceptors (Lipinski definition) is 5. The molecule has 0 radical (unpaired) electrons. The predicted molar refractivity (Wildman–Crippen MR) is 92.6 cm³/mol. The number of halogens is 1. The summed E-state index contributed by atoms with van der Waals surface area (Å²) in [5.74, 6) is -0.453. The molecule has 0 aliphatic rings. The third-order valence-corrected chi connectivity index (χ3v) is 4.76. The fourth-order valence-electron chi connectivity index (χ4n) is 1.76. The van der Waals surface area contributed by atoms with Crippen LogP contribution in [0.25, 0.3) is 17.5 Å². The SMILES string of the molecule is O=C(O)/C(=C/c1cccs1)Sc1n[nH]c(-c2ccc(Cl)cc2)n1.